The maximum absolute atomic E-state index is 16.8. The highest BCUT2D eigenvalue weighted by Crippen LogP contribution is 2.41. The Labute approximate surface area is 253 Å². The molecule has 4 aliphatic heterocycles. The van der Waals surface area contributed by atoms with Gasteiger partial charge in [-0.2, -0.15) is 0 Å². The summed E-state index contributed by atoms with van der Waals surface area (Å²) in [4.78, 5) is 13.6. The van der Waals surface area contributed by atoms with Crippen molar-refractivity contribution in [3.63, 3.8) is 0 Å². The van der Waals surface area contributed by atoms with Crippen molar-refractivity contribution in [3.05, 3.63) is 59.4 Å². The predicted molar refractivity (Wildman–Crippen MR) is 164 cm³/mol. The summed E-state index contributed by atoms with van der Waals surface area (Å²) in [7, 11) is 0. The largest absolute Gasteiger partial charge is 0.508 e. The van der Waals surface area contributed by atoms with E-state index >= 15 is 4.39 Å². The summed E-state index contributed by atoms with van der Waals surface area (Å²) < 4.78 is 46.0. The summed E-state index contributed by atoms with van der Waals surface area (Å²) in [6.07, 6.45) is 10.6. The fourth-order valence-electron chi connectivity index (χ4n) is 7.87. The van der Waals surface area contributed by atoms with Gasteiger partial charge in [-0.05, 0) is 67.8 Å². The zero-order chi connectivity index (χ0) is 30.2. The molecule has 4 saturated heterocycles. The molecule has 4 fully saturated rings. The predicted octanol–water partition coefficient (Wildman–Crippen LogP) is 5.28. The third-order valence-electron chi connectivity index (χ3n) is 9.81. The van der Waals surface area contributed by atoms with Crippen LogP contribution in [0.5, 0.6) is 5.75 Å². The van der Waals surface area contributed by atoms with E-state index in [2.05, 4.69) is 37.9 Å². The van der Waals surface area contributed by atoms with Gasteiger partial charge in [0.25, 0.3) is 0 Å². The first kappa shape index (κ1) is 27.3. The van der Waals surface area contributed by atoms with E-state index < -0.39 is 23.3 Å². The number of nitrogens with zero attached hydrogens (tertiary/aromatic N) is 4. The molecule has 2 bridgehead atoms. The van der Waals surface area contributed by atoms with Crippen molar-refractivity contribution in [2.75, 3.05) is 31.1 Å². The Bertz CT molecular complexity index is 1950. The van der Waals surface area contributed by atoms with Crippen molar-refractivity contribution in [2.45, 2.75) is 55.9 Å². The smallest absolute Gasteiger partial charge is 0.175 e. The van der Waals surface area contributed by atoms with Gasteiger partial charge in [0, 0.05) is 60.7 Å². The van der Waals surface area contributed by atoms with Crippen LogP contribution in [0.15, 0.2) is 36.5 Å². The quantitative estimate of drug-likeness (QED) is 0.309. The van der Waals surface area contributed by atoms with Crippen molar-refractivity contribution in [2.24, 2.45) is 0 Å². The average Bonchev–Trinajstić information content (AvgIpc) is 3.66. The third-order valence-corrected chi connectivity index (χ3v) is 9.81. The number of phenolic OH excluding ortho intramolecular Hbond substituents is 1. The lowest BCUT2D eigenvalue weighted by Crippen LogP contribution is -2.51. The van der Waals surface area contributed by atoms with E-state index in [-0.39, 0.29) is 33.5 Å². The van der Waals surface area contributed by atoms with E-state index in [1.54, 1.807) is 6.20 Å². The van der Waals surface area contributed by atoms with Gasteiger partial charge in [0.15, 0.2) is 5.82 Å². The molecule has 0 aliphatic carbocycles. The molecular formula is C35H30F3N5O. The molecule has 8 rings (SSSR count). The Morgan fingerprint density at radius 3 is 2.70 bits per heavy atom. The van der Waals surface area contributed by atoms with E-state index in [0.29, 0.717) is 41.5 Å². The minimum atomic E-state index is -0.915. The first-order valence-electron chi connectivity index (χ1n) is 15.2. The summed E-state index contributed by atoms with van der Waals surface area (Å²) in [5, 5.41) is 15.4. The molecule has 0 amide bonds. The van der Waals surface area contributed by atoms with Gasteiger partial charge in [0.2, 0.25) is 0 Å². The van der Waals surface area contributed by atoms with Crippen molar-refractivity contribution in [3.8, 4) is 41.2 Å². The molecule has 0 radical (unpaired) electrons. The summed E-state index contributed by atoms with van der Waals surface area (Å²) in [5.41, 5.74) is 0.785. The van der Waals surface area contributed by atoms with Gasteiger partial charge in [-0.1, -0.05) is 17.9 Å². The average molecular weight is 594 g/mol. The van der Waals surface area contributed by atoms with E-state index in [1.807, 2.05) is 6.07 Å². The Hall–Kier alpha value is -4.31. The molecule has 0 unspecified atom stereocenters. The number of benzene rings is 2. The van der Waals surface area contributed by atoms with Crippen molar-refractivity contribution < 1.29 is 18.3 Å². The molecule has 2 aromatic carbocycles. The number of phenols is 1. The second-order valence-corrected chi connectivity index (χ2v) is 12.5. The zero-order valence-corrected chi connectivity index (χ0v) is 24.0. The number of piperazine rings is 1. The second kappa shape index (κ2) is 10.1. The van der Waals surface area contributed by atoms with Gasteiger partial charge in [0.1, 0.15) is 34.6 Å². The summed E-state index contributed by atoms with van der Waals surface area (Å²) in [6.45, 7) is 2.72. The number of pyridine rings is 2. The lowest BCUT2D eigenvalue weighted by Gasteiger charge is -2.35. The van der Waals surface area contributed by atoms with E-state index in [1.165, 1.54) is 24.3 Å². The topological polar surface area (TPSA) is 64.5 Å². The molecule has 4 aromatic rings. The zero-order valence-electron chi connectivity index (χ0n) is 24.0. The van der Waals surface area contributed by atoms with Crippen LogP contribution in [0.2, 0.25) is 0 Å². The SMILES string of the molecule is C#Cc1c(F)ccc2cc(O)cc(-c3ncc4c(N5C[C@H]6CC[C@@H](C5)N6)cc(C#C[C@@]56CCCN5C[C@H](F)C6)nc4c3F)c12. The van der Waals surface area contributed by atoms with Gasteiger partial charge < -0.3 is 15.3 Å². The number of fused-ring (bicyclic) bond motifs is 5. The van der Waals surface area contributed by atoms with Crippen LogP contribution in [0.25, 0.3) is 32.9 Å². The number of hydrogen-bond donors (Lipinski definition) is 2. The first-order chi connectivity index (χ1) is 21.3. The number of alkyl halides is 1. The molecule has 6 heterocycles. The van der Waals surface area contributed by atoms with Gasteiger partial charge >= 0.3 is 0 Å². The summed E-state index contributed by atoms with van der Waals surface area (Å²) >= 11 is 0. The molecule has 2 N–H and O–H groups in total. The number of aromatic hydroxyl groups is 1. The number of aromatic nitrogens is 2. The molecule has 4 aliphatic rings. The number of halogens is 3. The number of nitrogens with one attached hydrogen (secondary N) is 1. The van der Waals surface area contributed by atoms with Crippen LogP contribution in [-0.2, 0) is 0 Å². The Kier molecular flexibility index (Phi) is 6.27. The highest BCUT2D eigenvalue weighted by molar-refractivity contribution is 6.03. The maximum atomic E-state index is 16.8. The standard InChI is InChI=1S/C35H30F3N5O/c1-2-26-29(37)7-4-20-12-25(44)14-27(31(20)26)33-32(38)34-28(16-39-33)30(42-18-23-5-6-24(19-42)40-23)13-22(41-34)8-10-35-9-3-11-43(35)17-21(36)15-35/h1,4,7,12-14,16,21,23-24,40,44H,3,5-6,9,11,15,17-19H2/t21-,23-,24+,35-/m1/s1. The first-order valence-corrected chi connectivity index (χ1v) is 15.2. The van der Waals surface area contributed by atoms with E-state index in [0.717, 1.165) is 51.0 Å². The molecule has 6 nitrogen and oxygen atoms in total. The van der Waals surface area contributed by atoms with Crippen LogP contribution < -0.4 is 10.2 Å². The van der Waals surface area contributed by atoms with Crippen LogP contribution in [-0.4, -0.2) is 69.9 Å². The number of anilines is 1. The highest BCUT2D eigenvalue weighted by Gasteiger charge is 2.47. The normalized spacial score (nSPS) is 26.1. The van der Waals surface area contributed by atoms with Crippen LogP contribution >= 0.6 is 0 Å². The molecule has 9 heteroatoms. The van der Waals surface area contributed by atoms with Crippen LogP contribution in [0.1, 0.15) is 43.4 Å². The third kappa shape index (κ3) is 4.29. The fourth-order valence-corrected chi connectivity index (χ4v) is 7.87. The van der Waals surface area contributed by atoms with E-state index in [4.69, 9.17) is 11.4 Å². The number of terminal acetylenes is 1. The van der Waals surface area contributed by atoms with Gasteiger partial charge in [-0.25, -0.2) is 18.2 Å². The molecule has 44 heavy (non-hydrogen) atoms. The monoisotopic (exact) mass is 593 g/mol. The van der Waals surface area contributed by atoms with Crippen molar-refractivity contribution in [1.82, 2.24) is 20.2 Å². The Morgan fingerprint density at radius 1 is 1.09 bits per heavy atom. The molecule has 222 valence electrons. The minimum Gasteiger partial charge on any atom is -0.508 e. The summed E-state index contributed by atoms with van der Waals surface area (Å²) in [5.74, 6) is 7.49. The summed E-state index contributed by atoms with van der Waals surface area (Å²) in [6, 6.07) is 8.10. The van der Waals surface area contributed by atoms with Crippen molar-refractivity contribution >= 4 is 27.4 Å². The lowest BCUT2D eigenvalue weighted by atomic mass is 9.94. The Morgan fingerprint density at radius 2 is 1.91 bits per heavy atom. The van der Waals surface area contributed by atoms with E-state index in [9.17, 15) is 13.9 Å². The molecule has 0 saturated carbocycles. The van der Waals surface area contributed by atoms with Gasteiger partial charge in [0.05, 0.1) is 16.8 Å². The molecule has 4 atom stereocenters. The highest BCUT2D eigenvalue weighted by atomic mass is 19.1. The van der Waals surface area contributed by atoms with Gasteiger partial charge in [-0.15, -0.1) is 6.42 Å². The Balaban J connectivity index is 1.33. The fraction of sp³-hybridized carbons (Fsp3) is 0.371. The van der Waals surface area contributed by atoms with Crippen LogP contribution in [0.3, 0.4) is 0 Å². The second-order valence-electron chi connectivity index (χ2n) is 12.5. The number of rotatable bonds is 2. The molecule has 2 aromatic heterocycles. The molecule has 0 spiro atoms. The lowest BCUT2D eigenvalue weighted by molar-refractivity contribution is 0.255. The van der Waals surface area contributed by atoms with Gasteiger partial charge in [-0.3, -0.25) is 9.88 Å². The minimum absolute atomic E-state index is 0.0357. The maximum Gasteiger partial charge on any atom is 0.175 e. The van der Waals surface area contributed by atoms with Crippen LogP contribution in [0.4, 0.5) is 18.9 Å². The van der Waals surface area contributed by atoms with Crippen molar-refractivity contribution in [1.29, 1.82) is 0 Å². The number of hydrogen-bond acceptors (Lipinski definition) is 6. The molecular weight excluding hydrogens is 563 g/mol. The van der Waals surface area contributed by atoms with Crippen LogP contribution in [0, 0.1) is 35.8 Å².